The van der Waals surface area contributed by atoms with Crippen molar-refractivity contribution in [1.29, 1.82) is 5.26 Å². The lowest BCUT2D eigenvalue weighted by atomic mass is 9.96. The number of aliphatic imine (C=N–C) groups is 1. The molecule has 2 aliphatic heterocycles. The number of nitriles is 1. The number of fused-ring (bicyclic) bond motifs is 2. The van der Waals surface area contributed by atoms with Gasteiger partial charge < -0.3 is 30.4 Å². The lowest BCUT2D eigenvalue weighted by molar-refractivity contribution is -0.138. The molecule has 1 aromatic heterocycles. The molecule has 0 bridgehead atoms. The number of amides is 2. The van der Waals surface area contributed by atoms with Gasteiger partial charge in [-0.3, -0.25) is 20.0 Å². The van der Waals surface area contributed by atoms with Gasteiger partial charge in [-0.25, -0.2) is 9.79 Å². The van der Waals surface area contributed by atoms with Gasteiger partial charge in [0.2, 0.25) is 5.96 Å². The largest absolute Gasteiger partial charge is 0.480 e. The molecule has 16 heteroatoms. The molecule has 230 valence electrons. The Bertz CT molecular complexity index is 1680. The Labute approximate surface area is 260 Å². The third kappa shape index (κ3) is 6.56. The fraction of sp³-hybridized carbons (Fsp3) is 0.357. The summed E-state index contributed by atoms with van der Waals surface area (Å²) < 4.78 is 0. The lowest BCUT2D eigenvalue weighted by Crippen LogP contribution is -2.52. The Balaban J connectivity index is 1.31. The number of hydrogen-bond donors (Lipinski definition) is 6. The Hall–Kier alpha value is -4.42. The van der Waals surface area contributed by atoms with Gasteiger partial charge in [-0.1, -0.05) is 29.3 Å². The molecule has 1 fully saturated rings. The molecule has 0 radical (unpaired) electrons. The number of halogens is 2. The average molecular weight is 643 g/mol. The van der Waals surface area contributed by atoms with Crippen LogP contribution >= 0.6 is 23.2 Å². The molecule has 6 N–H and O–H groups in total. The topological polar surface area (TPSA) is 207 Å². The molecular weight excluding hydrogens is 615 g/mol. The number of β-amino-alcohol motifs (C(OH)–C–C–N with tert-alkyl or cyclic N) is 2. The summed E-state index contributed by atoms with van der Waals surface area (Å²) in [6.07, 6.45) is 2.12. The zero-order valence-corrected chi connectivity index (χ0v) is 24.6. The highest BCUT2D eigenvalue weighted by atomic mass is 35.5. The van der Waals surface area contributed by atoms with E-state index in [2.05, 4.69) is 25.8 Å². The maximum atomic E-state index is 13.3. The van der Waals surface area contributed by atoms with Crippen molar-refractivity contribution in [1.82, 2.24) is 30.6 Å². The molecule has 1 saturated heterocycles. The fourth-order valence-corrected chi connectivity index (χ4v) is 6.13. The van der Waals surface area contributed by atoms with Gasteiger partial charge in [0.25, 0.3) is 11.8 Å². The number of aromatic amines is 1. The molecule has 5 rings (SSSR count). The molecule has 0 spiro atoms. The molecule has 0 saturated carbocycles. The van der Waals surface area contributed by atoms with Crippen LogP contribution in [0.1, 0.15) is 38.3 Å². The second kappa shape index (κ2) is 13.1. The zero-order chi connectivity index (χ0) is 31.5. The Kier molecular flexibility index (Phi) is 9.21. The smallest absolute Gasteiger partial charge is 0.328 e. The van der Waals surface area contributed by atoms with E-state index in [1.54, 1.807) is 35.5 Å². The van der Waals surface area contributed by atoms with Gasteiger partial charge in [0, 0.05) is 43.5 Å². The minimum absolute atomic E-state index is 0.0183. The number of benzene rings is 2. The standard InChI is InChI=1S/C28H28Cl2N8O6/c29-20-5-16-10-37(26(42)14-1-2-15-8-34-36-21(15)6-14)4-3-19(16)24(30)23(20)25(41)35-22(27(43)44)9-32-28(33-13-31)38-11-17(39)7-18(40)12-38/h1-2,5-6,8,17-18,22,39-40H,3-4,7,9-12H2,(H,32,33)(H,34,36)(H,35,41)(H,43,44)/t17-,18+,22-/m0/s1. The van der Waals surface area contributed by atoms with Crippen LogP contribution in [0, 0.1) is 11.5 Å². The first-order valence-corrected chi connectivity index (χ1v) is 14.4. The van der Waals surface area contributed by atoms with Gasteiger partial charge in [-0.2, -0.15) is 10.4 Å². The Morgan fingerprint density at radius 1 is 1.18 bits per heavy atom. The summed E-state index contributed by atoms with van der Waals surface area (Å²) in [5.41, 5.74) is 2.41. The molecule has 2 amide bonds. The van der Waals surface area contributed by atoms with Gasteiger partial charge in [0.05, 0.1) is 46.1 Å². The predicted molar refractivity (Wildman–Crippen MR) is 159 cm³/mol. The number of likely N-dealkylation sites (tertiary alicyclic amines) is 1. The number of aliphatic carboxylic acids is 1. The van der Waals surface area contributed by atoms with Gasteiger partial charge >= 0.3 is 5.97 Å². The molecule has 0 aliphatic carbocycles. The maximum absolute atomic E-state index is 13.3. The van der Waals surface area contributed by atoms with Crippen LogP contribution in [0.15, 0.2) is 35.5 Å². The lowest BCUT2D eigenvalue weighted by Gasteiger charge is -2.34. The number of aliphatic hydroxyl groups excluding tert-OH is 2. The number of aromatic nitrogens is 2. The number of aliphatic hydroxyl groups is 2. The number of carboxylic acids is 1. The van der Waals surface area contributed by atoms with Crippen molar-refractivity contribution < 1.29 is 29.7 Å². The molecule has 2 aliphatic rings. The summed E-state index contributed by atoms with van der Waals surface area (Å²) in [4.78, 5) is 45.7. The summed E-state index contributed by atoms with van der Waals surface area (Å²) in [5.74, 6) is -2.48. The summed E-state index contributed by atoms with van der Waals surface area (Å²) in [7, 11) is 0. The van der Waals surface area contributed by atoms with Crippen LogP contribution in [0.5, 0.6) is 0 Å². The monoisotopic (exact) mass is 642 g/mol. The van der Waals surface area contributed by atoms with Crippen LogP contribution in [0.4, 0.5) is 0 Å². The van der Waals surface area contributed by atoms with E-state index in [4.69, 9.17) is 28.5 Å². The Morgan fingerprint density at radius 3 is 2.64 bits per heavy atom. The van der Waals surface area contributed by atoms with Crippen molar-refractivity contribution in [3.05, 3.63) is 62.8 Å². The van der Waals surface area contributed by atoms with E-state index in [1.807, 2.05) is 6.07 Å². The van der Waals surface area contributed by atoms with Gasteiger partial charge in [-0.15, -0.1) is 0 Å². The van der Waals surface area contributed by atoms with E-state index in [9.17, 15) is 29.7 Å². The normalized spacial score (nSPS) is 19.2. The third-order valence-electron chi connectivity index (χ3n) is 7.51. The first-order valence-electron chi connectivity index (χ1n) is 13.6. The van der Waals surface area contributed by atoms with Gasteiger partial charge in [-0.05, 0) is 35.7 Å². The van der Waals surface area contributed by atoms with Crippen LogP contribution in [0.3, 0.4) is 0 Å². The number of hydrogen-bond acceptors (Lipinski definition) is 8. The number of carbonyl (C=O) groups excluding carboxylic acids is 2. The summed E-state index contributed by atoms with van der Waals surface area (Å²) in [6, 6.07) is 5.29. The van der Waals surface area contributed by atoms with Crippen LogP contribution in [0.2, 0.25) is 10.0 Å². The van der Waals surface area contributed by atoms with E-state index in [0.717, 1.165) is 10.9 Å². The van der Waals surface area contributed by atoms with Crippen molar-refractivity contribution in [3.8, 4) is 6.19 Å². The second-order valence-electron chi connectivity index (χ2n) is 10.5. The number of H-pyrrole nitrogens is 1. The number of piperidine rings is 1. The highest BCUT2D eigenvalue weighted by molar-refractivity contribution is 6.40. The average Bonchev–Trinajstić information content (AvgIpc) is 3.45. The van der Waals surface area contributed by atoms with Crippen LogP contribution in [0.25, 0.3) is 10.9 Å². The quantitative estimate of drug-likeness (QED) is 0.0976. The molecule has 0 unspecified atom stereocenters. The molecule has 14 nitrogen and oxygen atoms in total. The molecule has 3 heterocycles. The van der Waals surface area contributed by atoms with Crippen molar-refractivity contribution in [3.63, 3.8) is 0 Å². The number of nitrogens with zero attached hydrogens (tertiary/aromatic N) is 5. The van der Waals surface area contributed by atoms with Crippen molar-refractivity contribution in [2.75, 3.05) is 26.2 Å². The number of guanidine groups is 1. The molecule has 2 aromatic carbocycles. The van der Waals surface area contributed by atoms with Crippen LogP contribution in [-0.2, 0) is 17.8 Å². The van der Waals surface area contributed by atoms with Crippen molar-refractivity contribution in [2.45, 2.75) is 37.6 Å². The SMILES string of the molecule is N#CNC(=NC[C@H](NC(=O)c1c(Cl)cc2c(c1Cl)CCN(C(=O)c1ccc3cn[nH]c3c1)C2)C(=O)O)N1C[C@H](O)C[C@H](O)C1. The van der Waals surface area contributed by atoms with Crippen molar-refractivity contribution >= 4 is 57.8 Å². The zero-order valence-electron chi connectivity index (χ0n) is 23.1. The summed E-state index contributed by atoms with van der Waals surface area (Å²) in [6.45, 7) is 0.193. The minimum atomic E-state index is -1.53. The van der Waals surface area contributed by atoms with E-state index < -0.39 is 36.7 Å². The van der Waals surface area contributed by atoms with E-state index in [-0.39, 0.29) is 53.5 Å². The highest BCUT2D eigenvalue weighted by Crippen LogP contribution is 2.35. The van der Waals surface area contributed by atoms with Crippen LogP contribution in [-0.4, -0.2) is 103 Å². The van der Waals surface area contributed by atoms with E-state index >= 15 is 0 Å². The minimum Gasteiger partial charge on any atom is -0.480 e. The number of rotatable bonds is 6. The molecular formula is C28H28Cl2N8O6. The second-order valence-corrected chi connectivity index (χ2v) is 11.3. The first kappa shape index (κ1) is 31.0. The predicted octanol–water partition coefficient (Wildman–Crippen LogP) is 1.11. The highest BCUT2D eigenvalue weighted by Gasteiger charge is 2.31. The third-order valence-corrected chi connectivity index (χ3v) is 8.22. The fourth-order valence-electron chi connectivity index (χ4n) is 5.37. The summed E-state index contributed by atoms with van der Waals surface area (Å²) in [5, 5.41) is 51.3. The Morgan fingerprint density at radius 2 is 1.93 bits per heavy atom. The summed E-state index contributed by atoms with van der Waals surface area (Å²) >= 11 is 13.1. The first-order chi connectivity index (χ1) is 21.0. The van der Waals surface area contributed by atoms with Crippen molar-refractivity contribution in [2.24, 2.45) is 4.99 Å². The maximum Gasteiger partial charge on any atom is 0.328 e. The number of carbonyl (C=O) groups is 3. The van der Waals surface area contributed by atoms with Gasteiger partial charge in [0.1, 0.15) is 6.04 Å². The van der Waals surface area contributed by atoms with Gasteiger partial charge in [0.15, 0.2) is 6.19 Å². The van der Waals surface area contributed by atoms with Crippen LogP contribution < -0.4 is 10.6 Å². The van der Waals surface area contributed by atoms with E-state index in [1.165, 1.54) is 4.90 Å². The number of carboxylic acid groups (broad SMARTS) is 1. The van der Waals surface area contributed by atoms with E-state index in [0.29, 0.717) is 29.7 Å². The number of nitrogens with one attached hydrogen (secondary N) is 3. The molecule has 3 atom stereocenters. The molecule has 44 heavy (non-hydrogen) atoms. The molecule has 3 aromatic rings.